The standard InChI is InChI=1S/C15H28N2O3/c1-10(2)9-17(11(3)4)15(20)16-7-6-13(14(18)19)8-12(16)5/h10-13H,6-9H2,1-5H3,(H,18,19). The van der Waals surface area contributed by atoms with Gasteiger partial charge in [-0.3, -0.25) is 4.79 Å². The number of likely N-dealkylation sites (tertiary alicyclic amines) is 1. The molecule has 0 bridgehead atoms. The summed E-state index contributed by atoms with van der Waals surface area (Å²) in [5.41, 5.74) is 0. The second-order valence-corrected chi connectivity index (χ2v) is 6.52. The molecule has 0 aromatic heterocycles. The summed E-state index contributed by atoms with van der Waals surface area (Å²) in [6.45, 7) is 11.5. The molecule has 20 heavy (non-hydrogen) atoms. The second kappa shape index (κ2) is 6.95. The van der Waals surface area contributed by atoms with Crippen LogP contribution in [-0.2, 0) is 4.79 Å². The monoisotopic (exact) mass is 284 g/mol. The fraction of sp³-hybridized carbons (Fsp3) is 0.867. The summed E-state index contributed by atoms with van der Waals surface area (Å²) in [6.07, 6.45) is 1.10. The Hall–Kier alpha value is -1.26. The van der Waals surface area contributed by atoms with Gasteiger partial charge in [-0.2, -0.15) is 0 Å². The third kappa shape index (κ3) is 4.12. The van der Waals surface area contributed by atoms with Gasteiger partial charge in [-0.1, -0.05) is 13.8 Å². The Labute approximate surface area is 121 Å². The zero-order valence-electron chi connectivity index (χ0n) is 13.3. The van der Waals surface area contributed by atoms with E-state index in [0.29, 0.717) is 25.3 Å². The van der Waals surface area contributed by atoms with Crippen molar-refractivity contribution in [2.45, 2.75) is 59.5 Å². The molecule has 0 aromatic rings. The molecule has 1 aliphatic rings. The highest BCUT2D eigenvalue weighted by Gasteiger charge is 2.34. The molecule has 2 atom stereocenters. The molecular weight excluding hydrogens is 256 g/mol. The van der Waals surface area contributed by atoms with E-state index in [9.17, 15) is 9.59 Å². The van der Waals surface area contributed by atoms with Crippen LogP contribution in [0.3, 0.4) is 0 Å². The fourth-order valence-electron chi connectivity index (χ4n) is 2.75. The van der Waals surface area contributed by atoms with Gasteiger partial charge in [0.15, 0.2) is 0 Å². The molecular formula is C15H28N2O3. The molecule has 0 saturated carbocycles. The molecule has 0 aliphatic carbocycles. The number of rotatable bonds is 4. The quantitative estimate of drug-likeness (QED) is 0.863. The Morgan fingerprint density at radius 3 is 2.30 bits per heavy atom. The summed E-state index contributed by atoms with van der Waals surface area (Å²) in [6, 6.07) is 0.199. The summed E-state index contributed by atoms with van der Waals surface area (Å²) in [7, 11) is 0. The number of carboxylic acid groups (broad SMARTS) is 1. The maximum atomic E-state index is 12.7. The number of hydrogen-bond donors (Lipinski definition) is 1. The van der Waals surface area contributed by atoms with Crippen molar-refractivity contribution in [3.05, 3.63) is 0 Å². The Morgan fingerprint density at radius 1 is 1.30 bits per heavy atom. The van der Waals surface area contributed by atoms with Gasteiger partial charge in [0.05, 0.1) is 5.92 Å². The van der Waals surface area contributed by atoms with Gasteiger partial charge in [-0.15, -0.1) is 0 Å². The molecule has 2 amide bonds. The van der Waals surface area contributed by atoms with Crippen molar-refractivity contribution in [3.63, 3.8) is 0 Å². The van der Waals surface area contributed by atoms with Gasteiger partial charge in [0, 0.05) is 25.2 Å². The van der Waals surface area contributed by atoms with Crippen LogP contribution in [0.2, 0.25) is 0 Å². The van der Waals surface area contributed by atoms with Crippen molar-refractivity contribution >= 4 is 12.0 Å². The summed E-state index contributed by atoms with van der Waals surface area (Å²) < 4.78 is 0. The van der Waals surface area contributed by atoms with E-state index in [0.717, 1.165) is 6.54 Å². The molecule has 0 spiro atoms. The van der Waals surface area contributed by atoms with Crippen molar-refractivity contribution in [2.24, 2.45) is 11.8 Å². The highest BCUT2D eigenvalue weighted by Crippen LogP contribution is 2.24. The van der Waals surface area contributed by atoms with Gasteiger partial charge in [-0.25, -0.2) is 4.79 Å². The number of amides is 2. The van der Waals surface area contributed by atoms with E-state index < -0.39 is 5.97 Å². The van der Waals surface area contributed by atoms with Crippen molar-refractivity contribution < 1.29 is 14.7 Å². The molecule has 0 radical (unpaired) electrons. The summed E-state index contributed by atoms with van der Waals surface area (Å²) in [5, 5.41) is 9.08. The number of carboxylic acids is 1. The first-order chi connectivity index (χ1) is 9.23. The second-order valence-electron chi connectivity index (χ2n) is 6.52. The smallest absolute Gasteiger partial charge is 0.320 e. The van der Waals surface area contributed by atoms with Gasteiger partial charge in [0.2, 0.25) is 0 Å². The molecule has 1 rings (SSSR count). The van der Waals surface area contributed by atoms with E-state index in [1.807, 2.05) is 30.6 Å². The molecule has 5 heteroatoms. The van der Waals surface area contributed by atoms with E-state index in [2.05, 4.69) is 13.8 Å². The summed E-state index contributed by atoms with van der Waals surface area (Å²) >= 11 is 0. The van der Waals surface area contributed by atoms with Crippen LogP contribution in [0, 0.1) is 11.8 Å². The first kappa shape index (κ1) is 16.8. The number of piperidine rings is 1. The van der Waals surface area contributed by atoms with Crippen LogP contribution in [0.25, 0.3) is 0 Å². The third-order valence-electron chi connectivity index (χ3n) is 3.90. The van der Waals surface area contributed by atoms with Crippen LogP contribution in [-0.4, -0.2) is 52.1 Å². The number of aliphatic carboxylic acids is 1. The largest absolute Gasteiger partial charge is 0.481 e. The van der Waals surface area contributed by atoms with Crippen LogP contribution in [0.1, 0.15) is 47.5 Å². The lowest BCUT2D eigenvalue weighted by Crippen LogP contribution is -2.54. The van der Waals surface area contributed by atoms with E-state index in [-0.39, 0.29) is 24.0 Å². The van der Waals surface area contributed by atoms with E-state index in [4.69, 9.17) is 5.11 Å². The van der Waals surface area contributed by atoms with Crippen molar-refractivity contribution in [1.82, 2.24) is 9.80 Å². The Balaban J connectivity index is 2.73. The number of carbonyl (C=O) groups excluding carboxylic acids is 1. The zero-order chi connectivity index (χ0) is 15.4. The third-order valence-corrected chi connectivity index (χ3v) is 3.90. The lowest BCUT2D eigenvalue weighted by Gasteiger charge is -2.41. The SMILES string of the molecule is CC(C)CN(C(=O)N1CCC(C(=O)O)CC1C)C(C)C. The van der Waals surface area contributed by atoms with Gasteiger partial charge >= 0.3 is 12.0 Å². The number of hydrogen-bond acceptors (Lipinski definition) is 2. The molecule has 116 valence electrons. The van der Waals surface area contributed by atoms with Crippen molar-refractivity contribution in [3.8, 4) is 0 Å². The van der Waals surface area contributed by atoms with Gasteiger partial charge < -0.3 is 14.9 Å². The number of urea groups is 1. The fourth-order valence-corrected chi connectivity index (χ4v) is 2.75. The van der Waals surface area contributed by atoms with Crippen molar-refractivity contribution in [1.29, 1.82) is 0 Å². The van der Waals surface area contributed by atoms with E-state index in [1.54, 1.807) is 0 Å². The molecule has 2 unspecified atom stereocenters. The number of nitrogens with zero attached hydrogens (tertiary/aromatic N) is 2. The summed E-state index contributed by atoms with van der Waals surface area (Å²) in [5.74, 6) is -0.633. The van der Waals surface area contributed by atoms with Crippen LogP contribution in [0.5, 0.6) is 0 Å². The maximum Gasteiger partial charge on any atom is 0.320 e. The predicted octanol–water partition coefficient (Wildman–Crippen LogP) is 2.66. The van der Waals surface area contributed by atoms with Gasteiger partial charge in [0.1, 0.15) is 0 Å². The van der Waals surface area contributed by atoms with E-state index >= 15 is 0 Å². The Bertz CT molecular complexity index is 355. The molecule has 1 fully saturated rings. The van der Waals surface area contributed by atoms with Crippen LogP contribution < -0.4 is 0 Å². The molecule has 5 nitrogen and oxygen atoms in total. The molecule has 1 heterocycles. The van der Waals surface area contributed by atoms with Crippen LogP contribution >= 0.6 is 0 Å². The first-order valence-corrected chi connectivity index (χ1v) is 7.54. The maximum absolute atomic E-state index is 12.7. The minimum Gasteiger partial charge on any atom is -0.481 e. The molecule has 1 aliphatic heterocycles. The van der Waals surface area contributed by atoms with Gasteiger partial charge in [0.25, 0.3) is 0 Å². The normalized spacial score (nSPS) is 23.2. The zero-order valence-corrected chi connectivity index (χ0v) is 13.3. The lowest BCUT2D eigenvalue weighted by atomic mass is 9.92. The lowest BCUT2D eigenvalue weighted by molar-refractivity contribution is -0.143. The minimum absolute atomic E-state index is 0.00855. The molecule has 1 saturated heterocycles. The molecule has 1 N–H and O–H groups in total. The van der Waals surface area contributed by atoms with E-state index in [1.165, 1.54) is 0 Å². The topological polar surface area (TPSA) is 60.9 Å². The Kier molecular flexibility index (Phi) is 5.84. The minimum atomic E-state index is -0.744. The average Bonchev–Trinajstić information content (AvgIpc) is 2.34. The van der Waals surface area contributed by atoms with Crippen molar-refractivity contribution in [2.75, 3.05) is 13.1 Å². The van der Waals surface area contributed by atoms with Gasteiger partial charge in [-0.05, 0) is 39.5 Å². The average molecular weight is 284 g/mol. The number of carbonyl (C=O) groups is 2. The highest BCUT2D eigenvalue weighted by atomic mass is 16.4. The Morgan fingerprint density at radius 2 is 1.90 bits per heavy atom. The summed E-state index contributed by atoms with van der Waals surface area (Å²) in [4.78, 5) is 27.4. The van der Waals surface area contributed by atoms with Crippen LogP contribution in [0.15, 0.2) is 0 Å². The predicted molar refractivity (Wildman–Crippen MR) is 78.6 cm³/mol. The molecule has 0 aromatic carbocycles. The highest BCUT2D eigenvalue weighted by molar-refractivity contribution is 5.76. The first-order valence-electron chi connectivity index (χ1n) is 7.54. The van der Waals surface area contributed by atoms with Crippen LogP contribution in [0.4, 0.5) is 4.79 Å².